The Morgan fingerprint density at radius 3 is 1.84 bits per heavy atom. The summed E-state index contributed by atoms with van der Waals surface area (Å²) in [5.74, 6) is 1.28. The van der Waals surface area contributed by atoms with E-state index < -0.39 is 20.4 Å². The van der Waals surface area contributed by atoms with Gasteiger partial charge in [-0.1, -0.05) is 0 Å². The second kappa shape index (κ2) is 7.09. The first-order valence-corrected chi connectivity index (χ1v) is 12.2. The fraction of sp³-hybridized carbons (Fsp3) is 0. The molecule has 0 bridgehead atoms. The molecule has 2 aliphatic rings. The molecule has 0 saturated heterocycles. The molecule has 0 unspecified atom stereocenters. The zero-order chi connectivity index (χ0) is 20.9. The fourth-order valence-electron chi connectivity index (χ4n) is 4.03. The van der Waals surface area contributed by atoms with E-state index >= 15 is 0 Å². The van der Waals surface area contributed by atoms with E-state index in [0.29, 0.717) is 11.1 Å². The van der Waals surface area contributed by atoms with Gasteiger partial charge in [-0.25, -0.2) is 0 Å². The number of fused-ring (bicyclic) bond motifs is 3. The molecule has 4 aromatic rings. The predicted molar refractivity (Wildman–Crippen MR) is 121 cm³/mol. The van der Waals surface area contributed by atoms with E-state index in [1.54, 1.807) is 30.3 Å². The van der Waals surface area contributed by atoms with Gasteiger partial charge < -0.3 is 0 Å². The van der Waals surface area contributed by atoms with Crippen molar-refractivity contribution < 1.29 is 14.3 Å². The Hall–Kier alpha value is -3.39. The molecule has 6 rings (SSSR count). The molecule has 2 heterocycles. The number of nitrogens with zero attached hydrogens (tertiary/aromatic N) is 1. The molecule has 4 nitrogen and oxygen atoms in total. The van der Waals surface area contributed by atoms with Crippen LogP contribution in [0.15, 0.2) is 90.5 Å². The minimum absolute atomic E-state index is 0.176. The number of hydrogen-bond donors (Lipinski definition) is 0. The molecule has 148 valence electrons. The molecule has 3 aromatic carbocycles. The van der Waals surface area contributed by atoms with E-state index in [1.807, 2.05) is 42.5 Å². The van der Waals surface area contributed by atoms with E-state index in [9.17, 15) is 9.59 Å². The molecule has 0 atom stereocenters. The third-order valence-electron chi connectivity index (χ3n) is 5.46. The summed E-state index contributed by atoms with van der Waals surface area (Å²) < 4.78 is 8.35. The van der Waals surface area contributed by atoms with Crippen LogP contribution in [-0.4, -0.2) is 32.0 Å². The zero-order valence-electron chi connectivity index (χ0n) is 16.2. The van der Waals surface area contributed by atoms with Crippen molar-refractivity contribution in [2.75, 3.05) is 4.90 Å². The van der Waals surface area contributed by atoms with Crippen molar-refractivity contribution in [3.8, 4) is 11.5 Å². The number of allylic oxidation sites excluding steroid dienone is 1. The van der Waals surface area contributed by atoms with Crippen molar-refractivity contribution in [1.29, 1.82) is 0 Å². The molecule has 0 amide bonds. The summed E-state index contributed by atoms with van der Waals surface area (Å²) in [5, 5.41) is 0. The topological polar surface area (TPSA) is 46.6 Å². The van der Waals surface area contributed by atoms with Crippen LogP contribution in [0.2, 0.25) is 0 Å². The Morgan fingerprint density at radius 1 is 0.677 bits per heavy atom. The van der Waals surface area contributed by atoms with Crippen molar-refractivity contribution in [3.05, 3.63) is 105 Å². The molecule has 1 aliphatic heterocycles. The predicted octanol–water partition coefficient (Wildman–Crippen LogP) is 5.78. The molecule has 0 spiro atoms. The standard InChI is InChI=1S/C26H15NO3Te/c28-25-17-7-1-2-8-18(17)26(29)19(25)15-16-13-14-24(31-16)27-20-9-3-5-11-22(20)30-23-12-6-4-10-21(23)27/h1-15H. The summed E-state index contributed by atoms with van der Waals surface area (Å²) >= 11 is -0.808. The molecule has 0 N–H and O–H groups in total. The first-order chi connectivity index (χ1) is 15.2. The summed E-state index contributed by atoms with van der Waals surface area (Å²) in [7, 11) is 0. The first kappa shape index (κ1) is 18.4. The van der Waals surface area contributed by atoms with Crippen LogP contribution in [0.4, 0.5) is 15.1 Å². The zero-order valence-corrected chi connectivity index (χ0v) is 18.6. The SMILES string of the molecule is O=C1C(=Cc2ccc(N3c4ccccc4Oc4ccccc43)[te]2)C(=O)c2ccccc21. The first-order valence-electron chi connectivity index (χ1n) is 9.87. The fourth-order valence-corrected chi connectivity index (χ4v) is 6.82. The van der Waals surface area contributed by atoms with Gasteiger partial charge >= 0.3 is 189 Å². The normalized spacial score (nSPS) is 14.1. The number of benzene rings is 3. The van der Waals surface area contributed by atoms with Gasteiger partial charge in [0.1, 0.15) is 0 Å². The number of anilines is 3. The maximum atomic E-state index is 12.8. The molecular weight excluding hydrogens is 502 g/mol. The van der Waals surface area contributed by atoms with Crippen LogP contribution in [0.3, 0.4) is 0 Å². The second-order valence-electron chi connectivity index (χ2n) is 7.31. The van der Waals surface area contributed by atoms with Gasteiger partial charge in [0, 0.05) is 0 Å². The van der Waals surface area contributed by atoms with Gasteiger partial charge in [-0.15, -0.1) is 0 Å². The third-order valence-corrected chi connectivity index (χ3v) is 8.36. The van der Waals surface area contributed by atoms with Crippen molar-refractivity contribution >= 4 is 53.2 Å². The van der Waals surface area contributed by atoms with Crippen LogP contribution in [0, 0.1) is 0 Å². The van der Waals surface area contributed by atoms with E-state index in [4.69, 9.17) is 4.74 Å². The van der Waals surface area contributed by atoms with Crippen LogP contribution in [0.1, 0.15) is 24.3 Å². The minimum atomic E-state index is -0.808. The number of carbonyl (C=O) groups is 2. The van der Waals surface area contributed by atoms with Crippen LogP contribution in [-0.2, 0) is 0 Å². The van der Waals surface area contributed by atoms with Crippen LogP contribution in [0.5, 0.6) is 11.5 Å². The molecule has 31 heavy (non-hydrogen) atoms. The van der Waals surface area contributed by atoms with Crippen molar-refractivity contribution in [3.63, 3.8) is 0 Å². The molecular formula is C26H15NO3Te. The van der Waals surface area contributed by atoms with Crippen LogP contribution < -0.4 is 9.64 Å². The molecule has 5 heteroatoms. The van der Waals surface area contributed by atoms with E-state index in [-0.39, 0.29) is 17.1 Å². The Morgan fingerprint density at radius 2 is 1.23 bits per heavy atom. The van der Waals surface area contributed by atoms with Crippen LogP contribution in [0.25, 0.3) is 6.08 Å². The number of carbonyl (C=O) groups excluding carboxylic acids is 2. The number of rotatable bonds is 2. The van der Waals surface area contributed by atoms with Crippen molar-refractivity contribution in [2.24, 2.45) is 0 Å². The van der Waals surface area contributed by atoms with Gasteiger partial charge in [0.05, 0.1) is 0 Å². The Bertz CT molecular complexity index is 1330. The number of para-hydroxylation sites is 4. The summed E-state index contributed by atoms with van der Waals surface area (Å²) in [4.78, 5) is 27.8. The monoisotopic (exact) mass is 519 g/mol. The molecule has 0 fully saturated rings. The summed E-state index contributed by atoms with van der Waals surface area (Å²) in [6, 6.07) is 27.2. The molecule has 1 aromatic heterocycles. The number of Topliss-reactive ketones (excluding diaryl/α,β-unsaturated/α-hetero) is 2. The van der Waals surface area contributed by atoms with Crippen molar-refractivity contribution in [2.45, 2.75) is 0 Å². The second-order valence-corrected chi connectivity index (χ2v) is 10.4. The van der Waals surface area contributed by atoms with Gasteiger partial charge in [0.25, 0.3) is 0 Å². The van der Waals surface area contributed by atoms with E-state index in [2.05, 4.69) is 23.1 Å². The summed E-state index contributed by atoms with van der Waals surface area (Å²) in [5.41, 5.74) is 3.28. The Balaban J connectivity index is 1.43. The van der Waals surface area contributed by atoms with Crippen molar-refractivity contribution in [1.82, 2.24) is 0 Å². The third kappa shape index (κ3) is 2.90. The van der Waals surface area contributed by atoms with E-state index in [0.717, 1.165) is 26.5 Å². The number of ether oxygens (including phenoxy) is 1. The van der Waals surface area contributed by atoms with Gasteiger partial charge in [-0.2, -0.15) is 0 Å². The average molecular weight is 517 g/mol. The van der Waals surface area contributed by atoms with Gasteiger partial charge in [-0.05, 0) is 0 Å². The van der Waals surface area contributed by atoms with Gasteiger partial charge in [0.15, 0.2) is 0 Å². The average Bonchev–Trinajstić information content (AvgIpc) is 3.36. The van der Waals surface area contributed by atoms with E-state index in [1.165, 1.54) is 3.70 Å². The summed E-state index contributed by atoms with van der Waals surface area (Å²) in [6.07, 6.45) is 1.80. The van der Waals surface area contributed by atoms with Crippen LogP contribution >= 0.6 is 0 Å². The van der Waals surface area contributed by atoms with Gasteiger partial charge in [0.2, 0.25) is 0 Å². The van der Waals surface area contributed by atoms with Gasteiger partial charge in [-0.3, -0.25) is 0 Å². The maximum absolute atomic E-state index is 12.8. The Labute approximate surface area is 188 Å². The molecule has 0 saturated carbocycles. The molecule has 1 aliphatic carbocycles. The number of ketones is 2. The molecule has 0 radical (unpaired) electrons. The summed E-state index contributed by atoms with van der Waals surface area (Å²) in [6.45, 7) is 0. The number of hydrogen-bond acceptors (Lipinski definition) is 4. The quantitative estimate of drug-likeness (QED) is 0.169. The Kier molecular flexibility index (Phi) is 4.21.